The van der Waals surface area contributed by atoms with Gasteiger partial charge >= 0.3 is 0 Å². The number of carbonyl (C=O) groups excluding carboxylic acids is 1. The Bertz CT molecular complexity index is 609. The van der Waals surface area contributed by atoms with Gasteiger partial charge in [-0.1, -0.05) is 147 Å². The summed E-state index contributed by atoms with van der Waals surface area (Å²) < 4.78 is 0. The second kappa shape index (κ2) is 29.3. The first-order chi connectivity index (χ1) is 19.5. The van der Waals surface area contributed by atoms with Gasteiger partial charge in [-0.25, -0.2) is 0 Å². The van der Waals surface area contributed by atoms with Crippen LogP contribution in [0.4, 0.5) is 0 Å². The highest BCUT2D eigenvalue weighted by Crippen LogP contribution is 2.15. The monoisotopic (exact) mass is 567 g/mol. The maximum Gasteiger partial charge on any atom is 0.249 e. The number of hydrogen-bond acceptors (Lipinski definition) is 5. The van der Waals surface area contributed by atoms with Gasteiger partial charge in [0, 0.05) is 6.42 Å². The lowest BCUT2D eigenvalue weighted by molar-refractivity contribution is -0.132. The highest BCUT2D eigenvalue weighted by Gasteiger charge is 2.28. The molecule has 0 radical (unpaired) electrons. The summed E-state index contributed by atoms with van der Waals surface area (Å²) in [5.41, 5.74) is 0. The zero-order valence-corrected chi connectivity index (χ0v) is 26.1. The van der Waals surface area contributed by atoms with Gasteiger partial charge < -0.3 is 25.7 Å². The van der Waals surface area contributed by atoms with Crippen molar-refractivity contribution in [1.29, 1.82) is 0 Å². The third kappa shape index (κ3) is 23.5. The summed E-state index contributed by atoms with van der Waals surface area (Å²) in [4.78, 5) is 12.3. The summed E-state index contributed by atoms with van der Waals surface area (Å²) in [6.45, 7) is 3.96. The molecule has 6 nitrogen and oxygen atoms in total. The van der Waals surface area contributed by atoms with Gasteiger partial charge in [-0.15, -0.1) is 0 Å². The Labute approximate surface area is 246 Å². The molecule has 0 saturated heterocycles. The van der Waals surface area contributed by atoms with Crippen LogP contribution >= 0.6 is 0 Å². The summed E-state index contributed by atoms with van der Waals surface area (Å²) in [6.07, 6.45) is 29.3. The number of amides is 1. The van der Waals surface area contributed by atoms with Crippen LogP contribution in [0.15, 0.2) is 24.3 Å². The van der Waals surface area contributed by atoms with Crippen LogP contribution in [-0.4, -0.2) is 57.3 Å². The van der Waals surface area contributed by atoms with E-state index in [1.807, 2.05) is 6.08 Å². The molecular weight excluding hydrogens is 502 g/mol. The van der Waals surface area contributed by atoms with E-state index in [0.29, 0.717) is 6.42 Å². The molecule has 0 saturated carbocycles. The quantitative estimate of drug-likeness (QED) is 0.0482. The van der Waals surface area contributed by atoms with Crippen LogP contribution < -0.4 is 5.32 Å². The first-order valence-electron chi connectivity index (χ1n) is 16.7. The first-order valence-corrected chi connectivity index (χ1v) is 16.7. The number of rotatable bonds is 29. The van der Waals surface area contributed by atoms with Gasteiger partial charge in [-0.2, -0.15) is 0 Å². The first kappa shape index (κ1) is 38.8. The molecule has 236 valence electrons. The molecule has 0 bridgehead atoms. The minimum Gasteiger partial charge on any atom is -0.394 e. The number of aliphatic hydroxyl groups is 4. The van der Waals surface area contributed by atoms with E-state index in [1.165, 1.54) is 96.3 Å². The smallest absolute Gasteiger partial charge is 0.249 e. The molecule has 1 amide bonds. The van der Waals surface area contributed by atoms with Crippen LogP contribution in [-0.2, 0) is 4.79 Å². The van der Waals surface area contributed by atoms with Gasteiger partial charge in [0.05, 0.1) is 18.8 Å². The van der Waals surface area contributed by atoms with Crippen molar-refractivity contribution in [2.24, 2.45) is 0 Å². The van der Waals surface area contributed by atoms with Gasteiger partial charge in [0.2, 0.25) is 5.91 Å². The van der Waals surface area contributed by atoms with Crippen molar-refractivity contribution < 1.29 is 25.2 Å². The molecular formula is C34H65NO5. The normalized spacial score (nSPS) is 15.1. The van der Waals surface area contributed by atoms with Crippen molar-refractivity contribution in [3.63, 3.8) is 0 Å². The molecule has 0 aromatic heterocycles. The molecule has 4 atom stereocenters. The van der Waals surface area contributed by atoms with E-state index in [1.54, 1.807) is 6.08 Å². The minimum absolute atomic E-state index is 0.159. The summed E-state index contributed by atoms with van der Waals surface area (Å²) in [6, 6.07) is -1.01. The fourth-order valence-electron chi connectivity index (χ4n) is 4.91. The Morgan fingerprint density at radius 2 is 1.12 bits per heavy atom. The third-order valence-corrected chi connectivity index (χ3v) is 7.68. The van der Waals surface area contributed by atoms with Crippen molar-refractivity contribution in [3.8, 4) is 0 Å². The molecule has 0 aliphatic heterocycles. The summed E-state index contributed by atoms with van der Waals surface area (Å²) in [5.74, 6) is -0.654. The van der Waals surface area contributed by atoms with E-state index in [2.05, 4.69) is 31.3 Å². The van der Waals surface area contributed by atoms with Crippen LogP contribution in [0.5, 0.6) is 0 Å². The lowest BCUT2D eigenvalue weighted by atomic mass is 9.99. The van der Waals surface area contributed by atoms with E-state index in [0.717, 1.165) is 32.1 Å². The summed E-state index contributed by atoms with van der Waals surface area (Å²) in [5, 5.41) is 43.1. The van der Waals surface area contributed by atoms with E-state index in [9.17, 15) is 25.2 Å². The summed E-state index contributed by atoms with van der Waals surface area (Å²) in [7, 11) is 0. The van der Waals surface area contributed by atoms with Gasteiger partial charge in [0.1, 0.15) is 12.2 Å². The average Bonchev–Trinajstić information content (AvgIpc) is 2.96. The number of nitrogens with one attached hydrogen (secondary N) is 1. The van der Waals surface area contributed by atoms with Gasteiger partial charge in [-0.05, 0) is 25.7 Å². The van der Waals surface area contributed by atoms with Crippen molar-refractivity contribution >= 4 is 5.91 Å². The Hall–Kier alpha value is -1.21. The van der Waals surface area contributed by atoms with Gasteiger partial charge in [-0.3, -0.25) is 4.79 Å². The van der Waals surface area contributed by atoms with Crippen molar-refractivity contribution in [2.45, 2.75) is 179 Å². The predicted molar refractivity (Wildman–Crippen MR) is 168 cm³/mol. The molecule has 0 heterocycles. The molecule has 0 aromatic carbocycles. The van der Waals surface area contributed by atoms with E-state index < -0.39 is 36.9 Å². The number of carbonyl (C=O) groups is 1. The minimum atomic E-state index is -1.28. The van der Waals surface area contributed by atoms with Crippen LogP contribution in [0.1, 0.15) is 155 Å². The second-order valence-corrected chi connectivity index (χ2v) is 11.5. The standard InChI is InChI=1S/C34H65NO5/c1-3-5-7-9-11-13-15-17-19-21-23-25-27-31(37)33(39)30(29-36)35-34(40)32(38)28-26-24-22-20-18-16-14-12-10-8-6-4-2/h18,20,24,26,30-33,36-39H,3-17,19,21-23,25,27-29H2,1-2H3,(H,35,40)/b20-18-,26-24-. The van der Waals surface area contributed by atoms with Crippen molar-refractivity contribution in [1.82, 2.24) is 5.32 Å². The van der Waals surface area contributed by atoms with Crippen molar-refractivity contribution in [2.75, 3.05) is 6.61 Å². The number of hydrogen-bond donors (Lipinski definition) is 5. The molecule has 6 heteroatoms. The van der Waals surface area contributed by atoms with Crippen LogP contribution in [0.25, 0.3) is 0 Å². The second-order valence-electron chi connectivity index (χ2n) is 11.5. The van der Waals surface area contributed by atoms with E-state index in [-0.39, 0.29) is 6.42 Å². The molecule has 0 aromatic rings. The largest absolute Gasteiger partial charge is 0.394 e. The molecule has 0 spiro atoms. The number of allylic oxidation sites excluding steroid dienone is 3. The molecule has 0 aliphatic rings. The van der Waals surface area contributed by atoms with Crippen LogP contribution in [0, 0.1) is 0 Å². The number of aliphatic hydroxyl groups excluding tert-OH is 4. The fraction of sp³-hybridized carbons (Fsp3) is 0.853. The Kier molecular flexibility index (Phi) is 28.4. The number of unbranched alkanes of at least 4 members (excludes halogenated alkanes) is 17. The average molecular weight is 568 g/mol. The molecule has 0 fully saturated rings. The van der Waals surface area contributed by atoms with Gasteiger partial charge in [0.25, 0.3) is 0 Å². The fourth-order valence-corrected chi connectivity index (χ4v) is 4.91. The molecule has 40 heavy (non-hydrogen) atoms. The Balaban J connectivity index is 3.98. The van der Waals surface area contributed by atoms with Crippen molar-refractivity contribution in [3.05, 3.63) is 24.3 Å². The zero-order valence-electron chi connectivity index (χ0n) is 26.1. The maximum atomic E-state index is 12.3. The topological polar surface area (TPSA) is 110 Å². The SMILES string of the molecule is CCCCCCCC/C=C\C/C=C\CC(O)C(=O)NC(CO)C(O)C(O)CCCCCCCCCCCCCC. The lowest BCUT2D eigenvalue weighted by Gasteiger charge is -2.27. The maximum absolute atomic E-state index is 12.3. The molecule has 5 N–H and O–H groups in total. The Morgan fingerprint density at radius 1 is 0.650 bits per heavy atom. The predicted octanol–water partition coefficient (Wildman–Crippen LogP) is 7.28. The summed E-state index contributed by atoms with van der Waals surface area (Å²) >= 11 is 0. The highest BCUT2D eigenvalue weighted by molar-refractivity contribution is 5.81. The molecule has 4 unspecified atom stereocenters. The van der Waals surface area contributed by atoms with Crippen LogP contribution in [0.2, 0.25) is 0 Å². The van der Waals surface area contributed by atoms with Gasteiger partial charge in [0.15, 0.2) is 0 Å². The molecule has 0 rings (SSSR count). The zero-order chi connectivity index (χ0) is 29.7. The van der Waals surface area contributed by atoms with Crippen LogP contribution in [0.3, 0.4) is 0 Å². The van der Waals surface area contributed by atoms with E-state index in [4.69, 9.17) is 0 Å². The highest BCUT2D eigenvalue weighted by atomic mass is 16.3. The third-order valence-electron chi connectivity index (χ3n) is 7.68. The Morgan fingerprint density at radius 3 is 1.65 bits per heavy atom. The lowest BCUT2D eigenvalue weighted by Crippen LogP contribution is -2.53. The van der Waals surface area contributed by atoms with E-state index >= 15 is 0 Å². The molecule has 0 aliphatic carbocycles.